The Hall–Kier alpha value is -4.09. The fourth-order valence-corrected chi connectivity index (χ4v) is 2.86. The summed E-state index contributed by atoms with van der Waals surface area (Å²) in [5, 5.41) is 30.2. The van der Waals surface area contributed by atoms with Crippen molar-refractivity contribution in [3.63, 3.8) is 0 Å². The number of aliphatic hydroxyl groups is 1. The van der Waals surface area contributed by atoms with Crippen LogP contribution >= 0.6 is 0 Å². The Morgan fingerprint density at radius 3 is 2.16 bits per heavy atom. The van der Waals surface area contributed by atoms with Crippen LogP contribution in [0.5, 0.6) is 0 Å². The van der Waals surface area contributed by atoms with E-state index in [1.165, 1.54) is 43.3 Å². The fraction of sp³-hybridized carbons (Fsp3) is 0.238. The number of aliphatic hydroxyl groups excluding tert-OH is 1. The van der Waals surface area contributed by atoms with Crippen LogP contribution in [0.4, 0.5) is 18.9 Å². The van der Waals surface area contributed by atoms with E-state index in [4.69, 9.17) is 10.5 Å². The number of amides is 2. The molecule has 8 nitrogen and oxygen atoms in total. The van der Waals surface area contributed by atoms with Crippen molar-refractivity contribution in [3.8, 4) is 12.1 Å². The van der Waals surface area contributed by atoms with Crippen LogP contribution in [0.3, 0.4) is 0 Å². The van der Waals surface area contributed by atoms with Crippen molar-refractivity contribution in [2.75, 3.05) is 5.32 Å². The molecule has 2 aromatic carbocycles. The standard InChI is InChI=1S/C21H18F3N5O3/c1-11-16(8-7-15(10-26)17(11)21(22,23)24)27-18(12(2)30)20(32)29-28-19(31)14-5-3-13(9-25)4-6-14/h3-8,12,18,27,30H,1-2H3,(H,28,31)(H,29,32)/t12-,18+/m0/s1. The molecule has 0 aliphatic rings. The molecule has 0 heterocycles. The summed E-state index contributed by atoms with van der Waals surface area (Å²) in [4.78, 5) is 24.6. The van der Waals surface area contributed by atoms with E-state index in [1.54, 1.807) is 0 Å². The third-order valence-corrected chi connectivity index (χ3v) is 4.52. The molecule has 0 aromatic heterocycles. The van der Waals surface area contributed by atoms with E-state index in [-0.39, 0.29) is 16.8 Å². The van der Waals surface area contributed by atoms with Crippen LogP contribution in [0.25, 0.3) is 0 Å². The molecule has 0 aliphatic carbocycles. The first-order valence-electron chi connectivity index (χ1n) is 9.15. The molecule has 0 aliphatic heterocycles. The summed E-state index contributed by atoms with van der Waals surface area (Å²) in [5.41, 5.74) is 2.54. The minimum Gasteiger partial charge on any atom is -0.391 e. The van der Waals surface area contributed by atoms with Crippen LogP contribution in [0, 0.1) is 29.6 Å². The van der Waals surface area contributed by atoms with Crippen LogP contribution < -0.4 is 16.2 Å². The van der Waals surface area contributed by atoms with Crippen molar-refractivity contribution in [1.82, 2.24) is 10.9 Å². The first-order valence-corrected chi connectivity index (χ1v) is 9.15. The number of nitriles is 2. The van der Waals surface area contributed by atoms with E-state index in [0.29, 0.717) is 5.56 Å². The van der Waals surface area contributed by atoms with Gasteiger partial charge in [0.25, 0.3) is 11.8 Å². The molecule has 2 aromatic rings. The Labute approximate surface area is 181 Å². The number of carbonyl (C=O) groups is 2. The van der Waals surface area contributed by atoms with Gasteiger partial charge in [-0.05, 0) is 55.8 Å². The van der Waals surface area contributed by atoms with Crippen LogP contribution in [-0.2, 0) is 11.0 Å². The number of anilines is 1. The number of hydrogen-bond acceptors (Lipinski definition) is 6. The van der Waals surface area contributed by atoms with Crippen LogP contribution in [0.15, 0.2) is 36.4 Å². The fourth-order valence-electron chi connectivity index (χ4n) is 2.86. The van der Waals surface area contributed by atoms with E-state index in [0.717, 1.165) is 13.0 Å². The lowest BCUT2D eigenvalue weighted by molar-refractivity contribution is -0.138. The van der Waals surface area contributed by atoms with Crippen molar-refractivity contribution >= 4 is 17.5 Å². The van der Waals surface area contributed by atoms with Gasteiger partial charge in [-0.1, -0.05) is 0 Å². The van der Waals surface area contributed by atoms with Gasteiger partial charge in [0.15, 0.2) is 0 Å². The molecule has 2 rings (SSSR count). The Kier molecular flexibility index (Phi) is 7.41. The second-order valence-electron chi connectivity index (χ2n) is 6.77. The number of hydrazine groups is 1. The zero-order chi connectivity index (χ0) is 24.1. The number of halogens is 3. The minimum absolute atomic E-state index is 0.115. The van der Waals surface area contributed by atoms with Crippen molar-refractivity contribution in [3.05, 3.63) is 64.2 Å². The predicted octanol–water partition coefficient (Wildman–Crippen LogP) is 2.38. The maximum Gasteiger partial charge on any atom is 0.418 e. The first-order chi connectivity index (χ1) is 15.0. The molecule has 32 heavy (non-hydrogen) atoms. The lowest BCUT2D eigenvalue weighted by atomic mass is 9.99. The summed E-state index contributed by atoms with van der Waals surface area (Å²) in [6, 6.07) is 9.64. The topological polar surface area (TPSA) is 138 Å². The van der Waals surface area contributed by atoms with Gasteiger partial charge in [0.05, 0.1) is 34.9 Å². The highest BCUT2D eigenvalue weighted by molar-refractivity contribution is 5.96. The summed E-state index contributed by atoms with van der Waals surface area (Å²) in [6.45, 7) is 2.37. The zero-order valence-electron chi connectivity index (χ0n) is 16.9. The van der Waals surface area contributed by atoms with Gasteiger partial charge in [0, 0.05) is 11.3 Å². The molecule has 11 heteroatoms. The third-order valence-electron chi connectivity index (χ3n) is 4.52. The lowest BCUT2D eigenvalue weighted by Crippen LogP contribution is -2.52. The number of alkyl halides is 3. The quantitative estimate of drug-likeness (QED) is 0.522. The Morgan fingerprint density at radius 2 is 1.66 bits per heavy atom. The Balaban J connectivity index is 2.18. The molecule has 2 atom stereocenters. The maximum absolute atomic E-state index is 13.4. The number of hydrogen-bond donors (Lipinski definition) is 4. The lowest BCUT2D eigenvalue weighted by Gasteiger charge is -2.24. The number of carbonyl (C=O) groups excluding carboxylic acids is 2. The largest absolute Gasteiger partial charge is 0.418 e. The highest BCUT2D eigenvalue weighted by Crippen LogP contribution is 2.37. The highest BCUT2D eigenvalue weighted by Gasteiger charge is 2.37. The van der Waals surface area contributed by atoms with Crippen molar-refractivity contribution in [1.29, 1.82) is 10.5 Å². The van der Waals surface area contributed by atoms with Gasteiger partial charge in [-0.15, -0.1) is 0 Å². The Morgan fingerprint density at radius 1 is 1.03 bits per heavy atom. The van der Waals surface area contributed by atoms with Gasteiger partial charge >= 0.3 is 6.18 Å². The van der Waals surface area contributed by atoms with Crippen LogP contribution in [0.1, 0.15) is 39.5 Å². The molecule has 2 amide bonds. The minimum atomic E-state index is -4.80. The van der Waals surface area contributed by atoms with Crippen LogP contribution in [-0.4, -0.2) is 29.1 Å². The molecule has 0 spiro atoms. The third kappa shape index (κ3) is 5.53. The van der Waals surface area contributed by atoms with Gasteiger partial charge in [0.1, 0.15) is 6.04 Å². The smallest absolute Gasteiger partial charge is 0.391 e. The molecular formula is C21H18F3N5O3. The summed E-state index contributed by atoms with van der Waals surface area (Å²) in [7, 11) is 0. The van der Waals surface area contributed by atoms with Gasteiger partial charge in [0.2, 0.25) is 0 Å². The average Bonchev–Trinajstić information content (AvgIpc) is 2.74. The normalized spacial score (nSPS) is 12.6. The second kappa shape index (κ2) is 9.81. The van der Waals surface area contributed by atoms with E-state index < -0.39 is 41.3 Å². The summed E-state index contributed by atoms with van der Waals surface area (Å²) >= 11 is 0. The number of nitrogens with one attached hydrogen (secondary N) is 3. The molecule has 0 fully saturated rings. The molecule has 0 bridgehead atoms. The van der Waals surface area contributed by atoms with Gasteiger partial charge in [-0.3, -0.25) is 20.4 Å². The monoisotopic (exact) mass is 445 g/mol. The number of benzene rings is 2. The summed E-state index contributed by atoms with van der Waals surface area (Å²) in [5.74, 6) is -1.62. The van der Waals surface area contributed by atoms with E-state index in [9.17, 15) is 27.9 Å². The van der Waals surface area contributed by atoms with Crippen LogP contribution in [0.2, 0.25) is 0 Å². The Bertz CT molecular complexity index is 1100. The van der Waals surface area contributed by atoms with Crippen molar-refractivity contribution < 1.29 is 27.9 Å². The summed E-state index contributed by atoms with van der Waals surface area (Å²) in [6.07, 6.45) is -6.16. The molecule has 0 radical (unpaired) electrons. The van der Waals surface area contributed by atoms with Gasteiger partial charge in [-0.2, -0.15) is 23.7 Å². The molecule has 0 saturated carbocycles. The highest BCUT2D eigenvalue weighted by atomic mass is 19.4. The first kappa shape index (κ1) is 24.2. The predicted molar refractivity (Wildman–Crippen MR) is 107 cm³/mol. The summed E-state index contributed by atoms with van der Waals surface area (Å²) < 4.78 is 40.1. The number of nitrogens with zero attached hydrogens (tertiary/aromatic N) is 2. The van der Waals surface area contributed by atoms with Gasteiger partial charge < -0.3 is 10.4 Å². The van der Waals surface area contributed by atoms with E-state index in [2.05, 4.69) is 16.2 Å². The molecule has 0 saturated heterocycles. The number of rotatable bonds is 5. The molecule has 0 unspecified atom stereocenters. The maximum atomic E-state index is 13.4. The second-order valence-corrected chi connectivity index (χ2v) is 6.77. The molecule has 4 N–H and O–H groups in total. The molecular weight excluding hydrogens is 427 g/mol. The van der Waals surface area contributed by atoms with E-state index >= 15 is 0 Å². The zero-order valence-corrected chi connectivity index (χ0v) is 16.9. The SMILES string of the molecule is Cc1c(N[C@@H](C(=O)NNC(=O)c2ccc(C#N)cc2)[C@H](C)O)ccc(C#N)c1C(F)(F)F. The van der Waals surface area contributed by atoms with Gasteiger partial charge in [-0.25, -0.2) is 0 Å². The molecule has 166 valence electrons. The van der Waals surface area contributed by atoms with Crippen molar-refractivity contribution in [2.24, 2.45) is 0 Å². The van der Waals surface area contributed by atoms with Crippen molar-refractivity contribution in [2.45, 2.75) is 32.2 Å². The van der Waals surface area contributed by atoms with E-state index in [1.807, 2.05) is 6.07 Å². The average molecular weight is 445 g/mol.